The molecule has 0 radical (unpaired) electrons. The summed E-state index contributed by atoms with van der Waals surface area (Å²) in [5.41, 5.74) is -0.597. The second kappa shape index (κ2) is 9.08. The minimum atomic E-state index is -4.58. The monoisotopic (exact) mass is 466 g/mol. The van der Waals surface area contributed by atoms with E-state index < -0.39 is 29.2 Å². The Morgan fingerprint density at radius 2 is 1.85 bits per heavy atom. The average molecular weight is 466 g/mol. The van der Waals surface area contributed by atoms with Crippen LogP contribution in [0.15, 0.2) is 41.1 Å². The van der Waals surface area contributed by atoms with Crippen molar-refractivity contribution in [1.29, 1.82) is 0 Å². The third-order valence-corrected chi connectivity index (χ3v) is 4.97. The van der Waals surface area contributed by atoms with Gasteiger partial charge in [0, 0.05) is 17.8 Å². The number of carbonyl (C=O) groups is 1. The van der Waals surface area contributed by atoms with Gasteiger partial charge in [-0.25, -0.2) is 9.18 Å². The molecular formula is C22H22F4N4O3. The van der Waals surface area contributed by atoms with Crippen LogP contribution >= 0.6 is 0 Å². The number of halogens is 4. The van der Waals surface area contributed by atoms with Gasteiger partial charge in [0.15, 0.2) is 11.6 Å². The van der Waals surface area contributed by atoms with E-state index in [2.05, 4.69) is 20.8 Å². The lowest BCUT2D eigenvalue weighted by molar-refractivity contribution is -0.185. The zero-order valence-electron chi connectivity index (χ0n) is 18.3. The van der Waals surface area contributed by atoms with Gasteiger partial charge < -0.3 is 14.6 Å². The molecule has 3 rings (SSSR count). The minimum absolute atomic E-state index is 0.138. The molecule has 1 aromatic carbocycles. The number of carbonyl (C=O) groups excluding carboxylic acids is 1. The third kappa shape index (κ3) is 5.24. The van der Waals surface area contributed by atoms with Gasteiger partial charge in [0.05, 0.1) is 18.0 Å². The Balaban J connectivity index is 1.71. The summed E-state index contributed by atoms with van der Waals surface area (Å²) in [7, 11) is 0. The molecule has 0 aliphatic carbocycles. The number of hydrogen-bond acceptors (Lipinski definition) is 5. The van der Waals surface area contributed by atoms with E-state index in [1.165, 1.54) is 12.1 Å². The lowest BCUT2D eigenvalue weighted by Crippen LogP contribution is -2.35. The van der Waals surface area contributed by atoms with Gasteiger partial charge in [-0.1, -0.05) is 11.2 Å². The molecule has 0 saturated heterocycles. The maximum absolute atomic E-state index is 14.6. The van der Waals surface area contributed by atoms with Crippen molar-refractivity contribution in [2.24, 2.45) is 0 Å². The van der Waals surface area contributed by atoms with Crippen LogP contribution in [-0.2, 0) is 5.41 Å². The largest absolute Gasteiger partial charge is 0.492 e. The van der Waals surface area contributed by atoms with E-state index >= 15 is 0 Å². The summed E-state index contributed by atoms with van der Waals surface area (Å²) in [5.74, 6) is -0.858. The van der Waals surface area contributed by atoms with Crippen LogP contribution in [0.1, 0.15) is 32.2 Å². The highest BCUT2D eigenvalue weighted by Crippen LogP contribution is 2.41. The smallest absolute Gasteiger partial charge is 0.401 e. The molecule has 0 saturated carbocycles. The fraction of sp³-hybridized carbons (Fsp3) is 0.318. The molecular weight excluding hydrogens is 444 g/mol. The predicted molar refractivity (Wildman–Crippen MR) is 114 cm³/mol. The third-order valence-electron chi connectivity index (χ3n) is 4.97. The Labute approximate surface area is 187 Å². The van der Waals surface area contributed by atoms with Crippen LogP contribution < -0.4 is 15.4 Å². The highest BCUT2D eigenvalue weighted by Gasteiger charge is 2.51. The van der Waals surface area contributed by atoms with Crippen LogP contribution in [0.5, 0.6) is 5.75 Å². The van der Waals surface area contributed by atoms with Crippen molar-refractivity contribution in [2.45, 2.75) is 39.3 Å². The second-order valence-electron chi connectivity index (χ2n) is 7.71. The Morgan fingerprint density at radius 1 is 1.12 bits per heavy atom. The maximum Gasteiger partial charge on any atom is 0.401 e. The van der Waals surface area contributed by atoms with Crippen molar-refractivity contribution < 1.29 is 31.6 Å². The van der Waals surface area contributed by atoms with Crippen LogP contribution in [0, 0.1) is 12.7 Å². The number of alkyl halides is 3. The first-order chi connectivity index (χ1) is 15.4. The summed E-state index contributed by atoms with van der Waals surface area (Å²) >= 11 is 0. The van der Waals surface area contributed by atoms with Crippen molar-refractivity contribution in [3.8, 4) is 16.9 Å². The van der Waals surface area contributed by atoms with E-state index in [4.69, 9.17) is 9.26 Å². The number of benzene rings is 1. The summed E-state index contributed by atoms with van der Waals surface area (Å²) in [5, 5.41) is 7.93. The quantitative estimate of drug-likeness (QED) is 0.431. The normalized spacial score (nSPS) is 11.9. The first-order valence-electron chi connectivity index (χ1n) is 9.93. The number of ether oxygens (including phenoxy) is 1. The molecule has 176 valence electrons. The zero-order valence-corrected chi connectivity index (χ0v) is 18.3. The predicted octanol–water partition coefficient (Wildman–Crippen LogP) is 6.07. The second-order valence-corrected chi connectivity index (χ2v) is 7.71. The van der Waals surface area contributed by atoms with Crippen LogP contribution in [0.4, 0.5) is 33.9 Å². The fourth-order valence-electron chi connectivity index (χ4n) is 2.81. The van der Waals surface area contributed by atoms with Gasteiger partial charge in [-0.05, 0) is 51.5 Å². The van der Waals surface area contributed by atoms with Crippen LogP contribution in [0.3, 0.4) is 0 Å². The van der Waals surface area contributed by atoms with Gasteiger partial charge in [0.25, 0.3) is 0 Å². The van der Waals surface area contributed by atoms with Crippen molar-refractivity contribution in [1.82, 2.24) is 10.1 Å². The SMILES string of the molecule is CCOc1cc(-c2ccc(NC(=O)Nc3cc(C(C)(C)C(F)(F)F)on3)c(F)c2)cnc1C. The van der Waals surface area contributed by atoms with Gasteiger partial charge in [-0.3, -0.25) is 10.3 Å². The molecule has 2 amide bonds. The summed E-state index contributed by atoms with van der Waals surface area (Å²) in [6, 6.07) is 5.96. The standard InChI is InChI=1S/C22H22F4N4O3/c1-5-32-17-9-14(11-27-12(17)2)13-6-7-16(15(23)8-13)28-20(31)29-19-10-18(33-30-19)21(3,4)22(24,25)26/h6-11H,5H2,1-4H3,(H2,28,29,30,31). The molecule has 0 spiro atoms. The van der Waals surface area contributed by atoms with Crippen molar-refractivity contribution in [2.75, 3.05) is 17.2 Å². The number of amides is 2. The van der Waals surface area contributed by atoms with Gasteiger partial charge in [0.1, 0.15) is 17.0 Å². The average Bonchev–Trinajstić information content (AvgIpc) is 3.19. The van der Waals surface area contributed by atoms with E-state index in [1.54, 1.807) is 25.3 Å². The van der Waals surface area contributed by atoms with Crippen LogP contribution in [0.25, 0.3) is 11.1 Å². The molecule has 0 fully saturated rings. The molecule has 2 N–H and O–H groups in total. The molecule has 0 atom stereocenters. The van der Waals surface area contributed by atoms with Crippen molar-refractivity contribution in [3.05, 3.63) is 53.8 Å². The summed E-state index contributed by atoms with van der Waals surface area (Å²) in [4.78, 5) is 16.4. The molecule has 3 aromatic rings. The maximum atomic E-state index is 14.6. The van der Waals surface area contributed by atoms with E-state index in [0.717, 1.165) is 19.9 Å². The number of aromatic nitrogens is 2. The Hall–Kier alpha value is -3.63. The number of rotatable bonds is 6. The summed E-state index contributed by atoms with van der Waals surface area (Å²) in [6.45, 7) is 5.95. The molecule has 0 unspecified atom stereocenters. The number of pyridine rings is 1. The zero-order chi connectivity index (χ0) is 24.4. The molecule has 7 nitrogen and oxygen atoms in total. The molecule has 0 bridgehead atoms. The molecule has 2 aromatic heterocycles. The Bertz CT molecular complexity index is 1160. The Morgan fingerprint density at radius 3 is 2.48 bits per heavy atom. The van der Waals surface area contributed by atoms with E-state index in [1.807, 2.05) is 6.92 Å². The lowest BCUT2D eigenvalue weighted by atomic mass is 9.89. The topological polar surface area (TPSA) is 89.3 Å². The van der Waals surface area contributed by atoms with Gasteiger partial charge in [0.2, 0.25) is 0 Å². The highest BCUT2D eigenvalue weighted by molar-refractivity contribution is 5.99. The fourth-order valence-corrected chi connectivity index (χ4v) is 2.81. The first-order valence-corrected chi connectivity index (χ1v) is 9.93. The number of hydrogen-bond donors (Lipinski definition) is 2. The molecule has 33 heavy (non-hydrogen) atoms. The van der Waals surface area contributed by atoms with Crippen LogP contribution in [0.2, 0.25) is 0 Å². The Kier molecular flexibility index (Phi) is 6.61. The molecule has 0 aliphatic rings. The molecule has 11 heteroatoms. The number of aryl methyl sites for hydroxylation is 1. The van der Waals surface area contributed by atoms with E-state index in [-0.39, 0.29) is 11.5 Å². The molecule has 0 aliphatic heterocycles. The highest BCUT2D eigenvalue weighted by atomic mass is 19.4. The lowest BCUT2D eigenvalue weighted by Gasteiger charge is -2.24. The number of anilines is 2. The van der Waals surface area contributed by atoms with E-state index in [9.17, 15) is 22.4 Å². The molecule has 2 heterocycles. The first kappa shape index (κ1) is 24.0. The van der Waals surface area contributed by atoms with Crippen molar-refractivity contribution >= 4 is 17.5 Å². The number of urea groups is 1. The van der Waals surface area contributed by atoms with Gasteiger partial charge in [-0.15, -0.1) is 0 Å². The van der Waals surface area contributed by atoms with E-state index in [0.29, 0.717) is 29.2 Å². The number of nitrogens with zero attached hydrogens (tertiary/aromatic N) is 2. The summed E-state index contributed by atoms with van der Waals surface area (Å²) in [6.07, 6.45) is -3.00. The number of nitrogens with one attached hydrogen (secondary N) is 2. The van der Waals surface area contributed by atoms with Gasteiger partial charge >= 0.3 is 12.2 Å². The van der Waals surface area contributed by atoms with Crippen molar-refractivity contribution in [3.63, 3.8) is 0 Å². The van der Waals surface area contributed by atoms with Gasteiger partial charge in [-0.2, -0.15) is 13.2 Å². The summed E-state index contributed by atoms with van der Waals surface area (Å²) < 4.78 is 64.2. The van der Waals surface area contributed by atoms with Crippen LogP contribution in [-0.4, -0.2) is 29.0 Å². The minimum Gasteiger partial charge on any atom is -0.492 e.